The van der Waals surface area contributed by atoms with Crippen molar-refractivity contribution >= 4 is 28.5 Å². The predicted octanol–water partition coefficient (Wildman–Crippen LogP) is 4.63. The number of aromatic nitrogens is 3. The Morgan fingerprint density at radius 2 is 1.66 bits per heavy atom. The monoisotopic (exact) mass is 467 g/mol. The van der Waals surface area contributed by atoms with Gasteiger partial charge < -0.3 is 9.88 Å². The van der Waals surface area contributed by atoms with E-state index >= 15 is 0 Å². The molecule has 1 fully saturated rings. The Kier molecular flexibility index (Phi) is 6.31. The van der Waals surface area contributed by atoms with Crippen LogP contribution in [0.1, 0.15) is 46.2 Å². The lowest BCUT2D eigenvalue weighted by atomic mass is 9.89. The zero-order valence-corrected chi connectivity index (χ0v) is 20.1. The van der Waals surface area contributed by atoms with Gasteiger partial charge in [-0.15, -0.1) is 0 Å². The molecule has 0 radical (unpaired) electrons. The van der Waals surface area contributed by atoms with Gasteiger partial charge in [-0.25, -0.2) is 4.98 Å². The van der Waals surface area contributed by atoms with Gasteiger partial charge in [-0.1, -0.05) is 36.4 Å². The minimum atomic E-state index is -0.178. The molecule has 0 bridgehead atoms. The molecule has 0 atom stereocenters. The van der Waals surface area contributed by atoms with Crippen molar-refractivity contribution < 1.29 is 9.59 Å². The molecule has 0 aliphatic carbocycles. The number of para-hydroxylation sites is 1. The van der Waals surface area contributed by atoms with Crippen molar-refractivity contribution in [3.8, 4) is 0 Å². The average Bonchev–Trinajstić information content (AvgIpc) is 3.30. The molecule has 1 aliphatic rings. The molecule has 0 saturated carbocycles. The number of fused-ring (bicyclic) bond motifs is 1. The molecule has 35 heavy (non-hydrogen) atoms. The Bertz CT molecular complexity index is 1340. The van der Waals surface area contributed by atoms with E-state index in [-0.39, 0.29) is 18.4 Å². The molecule has 2 amide bonds. The lowest BCUT2D eigenvalue weighted by Crippen LogP contribution is -2.45. The average molecular weight is 468 g/mol. The molecule has 1 aliphatic heterocycles. The third-order valence-corrected chi connectivity index (χ3v) is 6.77. The van der Waals surface area contributed by atoms with Crippen LogP contribution < -0.4 is 4.90 Å². The molecular formula is C28H29N5O2. The van der Waals surface area contributed by atoms with Gasteiger partial charge in [0.05, 0.1) is 11.2 Å². The van der Waals surface area contributed by atoms with E-state index in [1.165, 1.54) is 5.56 Å². The zero-order valence-electron chi connectivity index (χ0n) is 20.1. The van der Waals surface area contributed by atoms with Gasteiger partial charge >= 0.3 is 0 Å². The van der Waals surface area contributed by atoms with Crippen molar-refractivity contribution in [3.63, 3.8) is 0 Å². The van der Waals surface area contributed by atoms with Crippen molar-refractivity contribution in [3.05, 3.63) is 89.5 Å². The van der Waals surface area contributed by atoms with E-state index in [9.17, 15) is 9.59 Å². The summed E-state index contributed by atoms with van der Waals surface area (Å²) >= 11 is 0. The molecule has 4 aromatic rings. The molecule has 7 heteroatoms. The summed E-state index contributed by atoms with van der Waals surface area (Å²) in [6.45, 7) is 5.24. The van der Waals surface area contributed by atoms with E-state index in [4.69, 9.17) is 0 Å². The molecule has 1 saturated heterocycles. The van der Waals surface area contributed by atoms with Crippen LogP contribution in [0.2, 0.25) is 0 Å². The van der Waals surface area contributed by atoms with E-state index in [2.05, 4.69) is 15.0 Å². The number of hydrogen-bond donors (Lipinski definition) is 1. The van der Waals surface area contributed by atoms with Crippen molar-refractivity contribution in [2.75, 3.05) is 24.5 Å². The first-order chi connectivity index (χ1) is 17.0. The maximum atomic E-state index is 13.3. The Morgan fingerprint density at radius 3 is 2.34 bits per heavy atom. The van der Waals surface area contributed by atoms with Crippen LogP contribution in [0.5, 0.6) is 0 Å². The summed E-state index contributed by atoms with van der Waals surface area (Å²) in [5.41, 5.74) is 5.36. The standard InChI is InChI=1S/C28H29N5O2/c1-19-26-27(31-20(2)30-26)24(17-29-19)21-13-15-32(16-14-21)25(34)18-33(23-11-7-4-8-12-23)28(35)22-9-5-3-6-10-22/h3-12,17,21H,13-16,18H2,1-2H3,(H,30,31). The number of amides is 2. The Balaban J connectivity index is 1.30. The maximum absolute atomic E-state index is 13.3. The van der Waals surface area contributed by atoms with Crippen molar-refractivity contribution in [2.45, 2.75) is 32.6 Å². The predicted molar refractivity (Wildman–Crippen MR) is 136 cm³/mol. The number of rotatable bonds is 5. The van der Waals surface area contributed by atoms with Crippen LogP contribution in [0.3, 0.4) is 0 Å². The number of benzene rings is 2. The number of anilines is 1. The molecule has 0 unspecified atom stereocenters. The number of H-pyrrole nitrogens is 1. The molecule has 178 valence electrons. The van der Waals surface area contributed by atoms with E-state index in [1.807, 2.05) is 73.5 Å². The lowest BCUT2D eigenvalue weighted by molar-refractivity contribution is -0.130. The van der Waals surface area contributed by atoms with Gasteiger partial charge in [-0.2, -0.15) is 0 Å². The Labute approximate surface area is 204 Å². The van der Waals surface area contributed by atoms with Crippen molar-refractivity contribution in [1.82, 2.24) is 19.9 Å². The van der Waals surface area contributed by atoms with Crippen LogP contribution in [0.25, 0.3) is 11.0 Å². The summed E-state index contributed by atoms with van der Waals surface area (Å²) in [7, 11) is 0. The number of aryl methyl sites for hydroxylation is 2. The van der Waals surface area contributed by atoms with Crippen LogP contribution in [0.4, 0.5) is 5.69 Å². The van der Waals surface area contributed by atoms with E-state index in [0.29, 0.717) is 30.3 Å². The number of aromatic amines is 1. The summed E-state index contributed by atoms with van der Waals surface area (Å²) in [6.07, 6.45) is 3.65. The Morgan fingerprint density at radius 1 is 1.00 bits per heavy atom. The van der Waals surface area contributed by atoms with Gasteiger partial charge in [0.1, 0.15) is 17.9 Å². The molecule has 3 heterocycles. The molecule has 5 rings (SSSR count). The maximum Gasteiger partial charge on any atom is 0.258 e. The van der Waals surface area contributed by atoms with Crippen LogP contribution in [0.15, 0.2) is 66.9 Å². The first-order valence-corrected chi connectivity index (χ1v) is 12.0. The third-order valence-electron chi connectivity index (χ3n) is 6.77. The van der Waals surface area contributed by atoms with Crippen molar-refractivity contribution in [2.24, 2.45) is 0 Å². The highest BCUT2D eigenvalue weighted by Gasteiger charge is 2.29. The second-order valence-electron chi connectivity index (χ2n) is 9.09. The summed E-state index contributed by atoms with van der Waals surface area (Å²) in [5.74, 6) is 0.976. The second-order valence-corrected chi connectivity index (χ2v) is 9.09. The number of nitrogens with zero attached hydrogens (tertiary/aromatic N) is 4. The number of hydrogen-bond acceptors (Lipinski definition) is 4. The van der Waals surface area contributed by atoms with Gasteiger partial charge in [-0.3, -0.25) is 19.5 Å². The van der Waals surface area contributed by atoms with E-state index in [0.717, 1.165) is 35.4 Å². The number of carbonyl (C=O) groups is 2. The number of piperidine rings is 1. The highest BCUT2D eigenvalue weighted by atomic mass is 16.2. The smallest absolute Gasteiger partial charge is 0.258 e. The van der Waals surface area contributed by atoms with Crippen LogP contribution in [-0.2, 0) is 4.79 Å². The summed E-state index contributed by atoms with van der Waals surface area (Å²) in [4.78, 5) is 42.6. The van der Waals surface area contributed by atoms with Gasteiger partial charge in [0.2, 0.25) is 5.91 Å². The van der Waals surface area contributed by atoms with Gasteiger partial charge in [0.25, 0.3) is 5.91 Å². The first kappa shape index (κ1) is 22.8. The quantitative estimate of drug-likeness (QED) is 0.464. The molecule has 0 spiro atoms. The van der Waals surface area contributed by atoms with Gasteiger partial charge in [0, 0.05) is 30.5 Å². The van der Waals surface area contributed by atoms with Crippen molar-refractivity contribution in [1.29, 1.82) is 0 Å². The topological polar surface area (TPSA) is 82.2 Å². The summed E-state index contributed by atoms with van der Waals surface area (Å²) in [6, 6.07) is 18.5. The minimum Gasteiger partial charge on any atom is -0.342 e. The number of nitrogens with one attached hydrogen (secondary N) is 1. The fourth-order valence-corrected chi connectivity index (χ4v) is 4.86. The molecule has 2 aromatic carbocycles. The summed E-state index contributed by atoms with van der Waals surface area (Å²) < 4.78 is 0. The SMILES string of the molecule is Cc1nc2c(C)ncc(C3CCN(C(=O)CN(C(=O)c4ccccc4)c4ccccc4)CC3)c2[nH]1. The third kappa shape index (κ3) is 4.67. The first-order valence-electron chi connectivity index (χ1n) is 12.0. The number of carbonyl (C=O) groups excluding carboxylic acids is 2. The number of pyridine rings is 1. The number of likely N-dealkylation sites (tertiary alicyclic amines) is 1. The van der Waals surface area contributed by atoms with E-state index < -0.39 is 0 Å². The second kappa shape index (κ2) is 9.70. The number of imidazole rings is 1. The van der Waals surface area contributed by atoms with Crippen LogP contribution >= 0.6 is 0 Å². The highest BCUT2D eigenvalue weighted by Crippen LogP contribution is 2.32. The normalized spacial score (nSPS) is 14.3. The highest BCUT2D eigenvalue weighted by molar-refractivity contribution is 6.08. The van der Waals surface area contributed by atoms with Gasteiger partial charge in [0.15, 0.2) is 0 Å². The molecule has 2 aromatic heterocycles. The zero-order chi connectivity index (χ0) is 24.4. The largest absolute Gasteiger partial charge is 0.342 e. The lowest BCUT2D eigenvalue weighted by Gasteiger charge is -2.34. The molecule has 1 N–H and O–H groups in total. The molecule has 7 nitrogen and oxygen atoms in total. The fourth-order valence-electron chi connectivity index (χ4n) is 4.86. The summed E-state index contributed by atoms with van der Waals surface area (Å²) in [5, 5.41) is 0. The van der Waals surface area contributed by atoms with E-state index in [1.54, 1.807) is 17.0 Å². The molecular weight excluding hydrogens is 438 g/mol. The Hall–Kier alpha value is -4.00. The van der Waals surface area contributed by atoms with Gasteiger partial charge in [-0.05, 0) is 62.4 Å². The van der Waals surface area contributed by atoms with Crippen LogP contribution in [0, 0.1) is 13.8 Å². The van der Waals surface area contributed by atoms with Crippen LogP contribution in [-0.4, -0.2) is 51.3 Å². The fraction of sp³-hybridized carbons (Fsp3) is 0.286. The minimum absolute atomic E-state index is 0.0124.